The quantitative estimate of drug-likeness (QED) is 0.271. The molecule has 4 N–H and O–H groups in total. The molecule has 0 heterocycles. The molecule has 5 nitrogen and oxygen atoms in total. The summed E-state index contributed by atoms with van der Waals surface area (Å²) in [6.45, 7) is 2.38. The van der Waals surface area contributed by atoms with Gasteiger partial charge >= 0.3 is 5.97 Å². The van der Waals surface area contributed by atoms with E-state index in [2.05, 4.69) is 9.73 Å². The van der Waals surface area contributed by atoms with Crippen molar-refractivity contribution in [3.63, 3.8) is 0 Å². The van der Waals surface area contributed by atoms with E-state index in [1.54, 1.807) is 0 Å². The summed E-state index contributed by atoms with van der Waals surface area (Å²) >= 11 is 0. The highest BCUT2D eigenvalue weighted by atomic mass is 16.5. The minimum absolute atomic E-state index is 0.0841. The molecular weight excluding hydrogens is 170 g/mol. The molecular formula is C8H17N3O2. The number of nitrogens with zero attached hydrogens (tertiary/aromatic N) is 1. The molecule has 0 aliphatic carbocycles. The first-order chi connectivity index (χ1) is 6.07. The second kappa shape index (κ2) is 6.28. The van der Waals surface area contributed by atoms with Crippen molar-refractivity contribution < 1.29 is 9.53 Å². The van der Waals surface area contributed by atoms with Crippen molar-refractivity contribution in [3.8, 4) is 0 Å². The summed E-state index contributed by atoms with van der Waals surface area (Å²) in [7, 11) is 1.38. The Bertz CT molecular complexity index is 188. The summed E-state index contributed by atoms with van der Waals surface area (Å²) in [6.07, 6.45) is 1.53. The Morgan fingerprint density at radius 3 is 2.62 bits per heavy atom. The number of esters is 1. The lowest BCUT2D eigenvalue weighted by molar-refractivity contribution is -0.145. The zero-order valence-corrected chi connectivity index (χ0v) is 8.12. The first-order valence-corrected chi connectivity index (χ1v) is 4.21. The van der Waals surface area contributed by atoms with E-state index in [-0.39, 0.29) is 17.8 Å². The Morgan fingerprint density at radius 1 is 1.54 bits per heavy atom. The molecule has 1 unspecified atom stereocenters. The lowest BCUT2D eigenvalue weighted by Gasteiger charge is -2.06. The molecule has 0 bridgehead atoms. The lowest BCUT2D eigenvalue weighted by Crippen LogP contribution is -2.23. The van der Waals surface area contributed by atoms with Gasteiger partial charge in [0.25, 0.3) is 0 Å². The van der Waals surface area contributed by atoms with Gasteiger partial charge in [-0.2, -0.15) is 0 Å². The zero-order valence-electron chi connectivity index (χ0n) is 8.12. The van der Waals surface area contributed by atoms with E-state index < -0.39 is 0 Å². The van der Waals surface area contributed by atoms with E-state index in [9.17, 15) is 4.79 Å². The minimum Gasteiger partial charge on any atom is -0.469 e. The molecule has 76 valence electrons. The molecule has 0 spiro atoms. The largest absolute Gasteiger partial charge is 0.469 e. The summed E-state index contributed by atoms with van der Waals surface area (Å²) < 4.78 is 4.57. The summed E-state index contributed by atoms with van der Waals surface area (Å²) in [5.74, 6) is -0.186. The highest BCUT2D eigenvalue weighted by Gasteiger charge is 2.11. The van der Waals surface area contributed by atoms with Crippen molar-refractivity contribution in [1.82, 2.24) is 0 Å². The van der Waals surface area contributed by atoms with Gasteiger partial charge in [-0.05, 0) is 12.8 Å². The Kier molecular flexibility index (Phi) is 5.67. The number of carbonyl (C=O) groups excluding carboxylic acids is 1. The van der Waals surface area contributed by atoms with Crippen LogP contribution >= 0.6 is 0 Å². The first-order valence-electron chi connectivity index (χ1n) is 4.21. The van der Waals surface area contributed by atoms with Crippen LogP contribution in [0.25, 0.3) is 0 Å². The van der Waals surface area contributed by atoms with Gasteiger partial charge in [0.05, 0.1) is 13.0 Å². The second-order valence-corrected chi connectivity index (χ2v) is 2.87. The zero-order chi connectivity index (χ0) is 10.3. The van der Waals surface area contributed by atoms with Gasteiger partial charge < -0.3 is 16.2 Å². The molecule has 0 rings (SSSR count). The Hall–Kier alpha value is -1.26. The summed E-state index contributed by atoms with van der Waals surface area (Å²) in [6, 6.07) is 0. The van der Waals surface area contributed by atoms with E-state index in [4.69, 9.17) is 11.5 Å². The van der Waals surface area contributed by atoms with Crippen molar-refractivity contribution in [2.45, 2.75) is 19.8 Å². The fraction of sp³-hybridized carbons (Fsp3) is 0.750. The SMILES string of the molecule is COC(=O)C(C)CCCN=C(N)N. The van der Waals surface area contributed by atoms with Crippen molar-refractivity contribution in [2.24, 2.45) is 22.4 Å². The summed E-state index contributed by atoms with van der Waals surface area (Å²) in [5.41, 5.74) is 10.3. The van der Waals surface area contributed by atoms with Crippen LogP contribution < -0.4 is 11.5 Å². The number of guanidine groups is 1. The molecule has 0 saturated carbocycles. The fourth-order valence-electron chi connectivity index (χ4n) is 0.925. The van der Waals surface area contributed by atoms with Gasteiger partial charge in [0, 0.05) is 6.54 Å². The number of nitrogens with two attached hydrogens (primary N) is 2. The van der Waals surface area contributed by atoms with E-state index >= 15 is 0 Å². The van der Waals surface area contributed by atoms with Crippen LogP contribution in [0, 0.1) is 5.92 Å². The molecule has 0 aromatic rings. The van der Waals surface area contributed by atoms with Crippen LogP contribution in [-0.4, -0.2) is 25.6 Å². The van der Waals surface area contributed by atoms with Crippen molar-refractivity contribution in [1.29, 1.82) is 0 Å². The monoisotopic (exact) mass is 187 g/mol. The van der Waals surface area contributed by atoms with Gasteiger partial charge in [0.2, 0.25) is 0 Å². The fourth-order valence-corrected chi connectivity index (χ4v) is 0.925. The maximum atomic E-state index is 10.9. The second-order valence-electron chi connectivity index (χ2n) is 2.87. The number of carbonyl (C=O) groups is 1. The number of methoxy groups -OCH3 is 1. The molecule has 13 heavy (non-hydrogen) atoms. The maximum absolute atomic E-state index is 10.9. The highest BCUT2D eigenvalue weighted by Crippen LogP contribution is 2.06. The third-order valence-corrected chi connectivity index (χ3v) is 1.69. The predicted octanol–water partition coefficient (Wildman–Crippen LogP) is -0.151. The summed E-state index contributed by atoms with van der Waals surface area (Å²) in [5, 5.41) is 0. The van der Waals surface area contributed by atoms with Gasteiger partial charge in [0.15, 0.2) is 5.96 Å². The van der Waals surface area contributed by atoms with Crippen LogP contribution in [0.5, 0.6) is 0 Å². The number of ether oxygens (including phenoxy) is 1. The van der Waals surface area contributed by atoms with Gasteiger partial charge in [0.1, 0.15) is 0 Å². The maximum Gasteiger partial charge on any atom is 0.308 e. The smallest absolute Gasteiger partial charge is 0.308 e. The van der Waals surface area contributed by atoms with Gasteiger partial charge in [-0.25, -0.2) is 0 Å². The third kappa shape index (κ3) is 5.95. The average Bonchev–Trinajstić information content (AvgIpc) is 2.10. The number of hydrogen-bond donors (Lipinski definition) is 2. The molecule has 0 aromatic heterocycles. The molecule has 0 aliphatic heterocycles. The molecule has 5 heteroatoms. The molecule has 0 aliphatic rings. The average molecular weight is 187 g/mol. The van der Waals surface area contributed by atoms with Crippen LogP contribution in [0.4, 0.5) is 0 Å². The van der Waals surface area contributed by atoms with E-state index in [1.807, 2.05) is 6.92 Å². The predicted molar refractivity (Wildman–Crippen MR) is 51.1 cm³/mol. The van der Waals surface area contributed by atoms with Crippen molar-refractivity contribution in [2.75, 3.05) is 13.7 Å². The molecule has 0 radical (unpaired) electrons. The minimum atomic E-state index is -0.190. The Morgan fingerprint density at radius 2 is 2.15 bits per heavy atom. The molecule has 1 atom stereocenters. The standard InChI is InChI=1S/C8H17N3O2/c1-6(7(12)13-2)4-3-5-11-8(9)10/h6H,3-5H2,1-2H3,(H4,9,10,11). The first kappa shape index (κ1) is 11.7. The normalized spacial score (nSPS) is 11.8. The van der Waals surface area contributed by atoms with E-state index in [1.165, 1.54) is 7.11 Å². The van der Waals surface area contributed by atoms with Crippen LogP contribution in [0.15, 0.2) is 4.99 Å². The Balaban J connectivity index is 3.53. The number of aliphatic imine (C=N–C) groups is 1. The van der Waals surface area contributed by atoms with E-state index in [0.717, 1.165) is 12.8 Å². The lowest BCUT2D eigenvalue weighted by atomic mass is 10.1. The number of rotatable bonds is 5. The highest BCUT2D eigenvalue weighted by molar-refractivity contribution is 5.75. The summed E-state index contributed by atoms with van der Waals surface area (Å²) in [4.78, 5) is 14.7. The molecule has 0 aromatic carbocycles. The molecule has 0 fully saturated rings. The molecule has 0 saturated heterocycles. The van der Waals surface area contributed by atoms with Crippen LogP contribution in [0.2, 0.25) is 0 Å². The number of hydrogen-bond acceptors (Lipinski definition) is 3. The van der Waals surface area contributed by atoms with Gasteiger partial charge in [-0.1, -0.05) is 6.92 Å². The molecule has 0 amide bonds. The van der Waals surface area contributed by atoms with E-state index in [0.29, 0.717) is 6.54 Å². The van der Waals surface area contributed by atoms with Crippen LogP contribution in [0.1, 0.15) is 19.8 Å². The Labute approximate surface area is 78.1 Å². The van der Waals surface area contributed by atoms with Gasteiger partial charge in [-0.15, -0.1) is 0 Å². The van der Waals surface area contributed by atoms with Crippen molar-refractivity contribution >= 4 is 11.9 Å². The third-order valence-electron chi connectivity index (χ3n) is 1.69. The van der Waals surface area contributed by atoms with Crippen LogP contribution in [0.3, 0.4) is 0 Å². The topological polar surface area (TPSA) is 90.7 Å². The van der Waals surface area contributed by atoms with Crippen LogP contribution in [-0.2, 0) is 9.53 Å². The van der Waals surface area contributed by atoms with Crippen molar-refractivity contribution in [3.05, 3.63) is 0 Å². The van der Waals surface area contributed by atoms with Gasteiger partial charge in [-0.3, -0.25) is 9.79 Å².